The summed E-state index contributed by atoms with van der Waals surface area (Å²) in [6.45, 7) is 6.00. The fraction of sp³-hybridized carbons (Fsp3) is 0.462. The van der Waals surface area contributed by atoms with E-state index < -0.39 is 0 Å². The molecular formula is C13H19N3. The van der Waals surface area contributed by atoms with Crippen LogP contribution in [0.5, 0.6) is 0 Å². The molecule has 3 heteroatoms. The molecule has 0 spiro atoms. The number of hydrogen-bond donors (Lipinski definition) is 1. The lowest BCUT2D eigenvalue weighted by molar-refractivity contribution is 0.738. The highest BCUT2D eigenvalue weighted by atomic mass is 15.2. The van der Waals surface area contributed by atoms with Gasteiger partial charge in [-0.3, -0.25) is 4.99 Å². The molecule has 86 valence electrons. The molecule has 3 nitrogen and oxygen atoms in total. The van der Waals surface area contributed by atoms with Crippen molar-refractivity contribution < 1.29 is 0 Å². The van der Waals surface area contributed by atoms with Gasteiger partial charge in [0.15, 0.2) is 0 Å². The van der Waals surface area contributed by atoms with Crippen LogP contribution < -0.4 is 10.6 Å². The van der Waals surface area contributed by atoms with Crippen LogP contribution in [-0.4, -0.2) is 25.0 Å². The maximum absolute atomic E-state index is 5.82. The van der Waals surface area contributed by atoms with E-state index in [2.05, 4.69) is 41.1 Å². The van der Waals surface area contributed by atoms with Gasteiger partial charge in [0.1, 0.15) is 5.84 Å². The van der Waals surface area contributed by atoms with E-state index in [1.54, 1.807) is 0 Å². The zero-order chi connectivity index (χ0) is 11.5. The summed E-state index contributed by atoms with van der Waals surface area (Å²) in [4.78, 5) is 6.66. The number of nitrogens with zero attached hydrogens (tertiary/aromatic N) is 2. The Labute approximate surface area is 97.0 Å². The molecule has 0 aromatic heterocycles. The third-order valence-corrected chi connectivity index (χ3v) is 2.83. The first-order valence-corrected chi connectivity index (χ1v) is 5.80. The molecule has 0 aliphatic carbocycles. The molecule has 1 aliphatic rings. The smallest absolute Gasteiger partial charge is 0.100 e. The molecule has 1 aromatic rings. The second-order valence-electron chi connectivity index (χ2n) is 4.43. The average Bonchev–Trinajstić information content (AvgIpc) is 2.64. The highest BCUT2D eigenvalue weighted by Crippen LogP contribution is 2.19. The Morgan fingerprint density at radius 2 is 2.31 bits per heavy atom. The van der Waals surface area contributed by atoms with Crippen LogP contribution >= 0.6 is 0 Å². The summed E-state index contributed by atoms with van der Waals surface area (Å²) < 4.78 is 0. The van der Waals surface area contributed by atoms with Gasteiger partial charge in [0.25, 0.3) is 0 Å². The molecule has 16 heavy (non-hydrogen) atoms. The van der Waals surface area contributed by atoms with Crippen molar-refractivity contribution in [1.29, 1.82) is 0 Å². The maximum atomic E-state index is 5.82. The number of aliphatic imine (C=N–C) groups is 1. The van der Waals surface area contributed by atoms with Crippen molar-refractivity contribution in [3.8, 4) is 0 Å². The average molecular weight is 217 g/mol. The molecule has 1 atom stereocenters. The maximum Gasteiger partial charge on any atom is 0.100 e. The van der Waals surface area contributed by atoms with Crippen LogP contribution in [0.4, 0.5) is 5.69 Å². The van der Waals surface area contributed by atoms with E-state index in [4.69, 9.17) is 5.73 Å². The van der Waals surface area contributed by atoms with Crippen LogP contribution in [0.1, 0.15) is 19.4 Å². The molecule has 0 saturated heterocycles. The summed E-state index contributed by atoms with van der Waals surface area (Å²) in [5.41, 5.74) is 8.35. The van der Waals surface area contributed by atoms with Gasteiger partial charge in [0.05, 0.1) is 6.54 Å². The van der Waals surface area contributed by atoms with Gasteiger partial charge in [-0.1, -0.05) is 12.1 Å². The largest absolute Gasteiger partial charge is 0.329 e. The number of anilines is 1. The lowest BCUT2D eigenvalue weighted by Crippen LogP contribution is -2.25. The second-order valence-corrected chi connectivity index (χ2v) is 4.43. The molecule has 0 radical (unpaired) electrons. The minimum Gasteiger partial charge on any atom is -0.329 e. The summed E-state index contributed by atoms with van der Waals surface area (Å²) in [5.74, 6) is 1.11. The van der Waals surface area contributed by atoms with E-state index in [0.717, 1.165) is 25.3 Å². The van der Waals surface area contributed by atoms with Gasteiger partial charge in [-0.25, -0.2) is 0 Å². The highest BCUT2D eigenvalue weighted by molar-refractivity contribution is 5.97. The predicted molar refractivity (Wildman–Crippen MR) is 69.1 cm³/mol. The van der Waals surface area contributed by atoms with Crippen molar-refractivity contribution in [1.82, 2.24) is 0 Å². The van der Waals surface area contributed by atoms with Crippen LogP contribution in [0.2, 0.25) is 0 Å². The molecule has 1 unspecified atom stereocenters. The standard InChI is InChI=1S/C13H19N3/c1-10(14)8-12-4-3-5-13(9-12)16-7-6-15-11(16)2/h3-5,9-10H,6-8,14H2,1-2H3. The van der Waals surface area contributed by atoms with Crippen LogP contribution in [-0.2, 0) is 6.42 Å². The Morgan fingerprint density at radius 3 is 2.94 bits per heavy atom. The molecule has 2 N–H and O–H groups in total. The summed E-state index contributed by atoms with van der Waals surface area (Å²) in [7, 11) is 0. The molecule has 0 amide bonds. The van der Waals surface area contributed by atoms with Crippen molar-refractivity contribution in [2.75, 3.05) is 18.0 Å². The second kappa shape index (κ2) is 4.66. The molecule has 2 rings (SSSR count). The first kappa shape index (κ1) is 11.1. The normalized spacial score (nSPS) is 17.4. The third-order valence-electron chi connectivity index (χ3n) is 2.83. The van der Waals surface area contributed by atoms with Crippen LogP contribution in [0.3, 0.4) is 0 Å². The molecule has 1 aromatic carbocycles. The minimum atomic E-state index is 0.212. The topological polar surface area (TPSA) is 41.6 Å². The monoisotopic (exact) mass is 217 g/mol. The summed E-state index contributed by atoms with van der Waals surface area (Å²) in [6.07, 6.45) is 0.928. The molecule has 1 heterocycles. The lowest BCUT2D eigenvalue weighted by atomic mass is 10.1. The van der Waals surface area contributed by atoms with Crippen molar-refractivity contribution in [3.63, 3.8) is 0 Å². The van der Waals surface area contributed by atoms with E-state index in [1.807, 2.05) is 6.92 Å². The fourth-order valence-electron chi connectivity index (χ4n) is 2.10. The number of hydrogen-bond acceptors (Lipinski definition) is 3. The SMILES string of the molecule is CC1=NCCN1c1cccc(CC(C)N)c1. The Bertz CT molecular complexity index is 396. The fourth-order valence-corrected chi connectivity index (χ4v) is 2.10. The van der Waals surface area contributed by atoms with Gasteiger partial charge < -0.3 is 10.6 Å². The summed E-state index contributed by atoms with van der Waals surface area (Å²) >= 11 is 0. The number of nitrogens with two attached hydrogens (primary N) is 1. The number of rotatable bonds is 3. The van der Waals surface area contributed by atoms with Gasteiger partial charge >= 0.3 is 0 Å². The Kier molecular flexibility index (Phi) is 3.25. The molecule has 1 aliphatic heterocycles. The van der Waals surface area contributed by atoms with Gasteiger partial charge in [-0.05, 0) is 38.0 Å². The van der Waals surface area contributed by atoms with Crippen LogP contribution in [0, 0.1) is 0 Å². The Morgan fingerprint density at radius 1 is 1.50 bits per heavy atom. The Balaban J connectivity index is 2.19. The zero-order valence-corrected chi connectivity index (χ0v) is 9.98. The van der Waals surface area contributed by atoms with Crippen LogP contribution in [0.25, 0.3) is 0 Å². The number of benzene rings is 1. The highest BCUT2D eigenvalue weighted by Gasteiger charge is 2.14. The third kappa shape index (κ3) is 2.42. The van der Waals surface area contributed by atoms with E-state index in [1.165, 1.54) is 11.3 Å². The van der Waals surface area contributed by atoms with E-state index in [0.29, 0.717) is 0 Å². The van der Waals surface area contributed by atoms with Gasteiger partial charge in [-0.15, -0.1) is 0 Å². The van der Waals surface area contributed by atoms with E-state index >= 15 is 0 Å². The molecule has 0 bridgehead atoms. The zero-order valence-electron chi connectivity index (χ0n) is 9.98. The van der Waals surface area contributed by atoms with Crippen LogP contribution in [0.15, 0.2) is 29.3 Å². The molecular weight excluding hydrogens is 198 g/mol. The van der Waals surface area contributed by atoms with Crippen molar-refractivity contribution in [3.05, 3.63) is 29.8 Å². The lowest BCUT2D eigenvalue weighted by Gasteiger charge is -2.19. The minimum absolute atomic E-state index is 0.212. The van der Waals surface area contributed by atoms with Crippen molar-refractivity contribution in [2.45, 2.75) is 26.3 Å². The van der Waals surface area contributed by atoms with Gasteiger partial charge in [-0.2, -0.15) is 0 Å². The van der Waals surface area contributed by atoms with Gasteiger partial charge in [0, 0.05) is 18.3 Å². The molecule has 0 saturated carbocycles. The number of amidine groups is 1. The van der Waals surface area contributed by atoms with E-state index in [-0.39, 0.29) is 6.04 Å². The quantitative estimate of drug-likeness (QED) is 0.839. The van der Waals surface area contributed by atoms with Gasteiger partial charge in [0.2, 0.25) is 0 Å². The van der Waals surface area contributed by atoms with Crippen molar-refractivity contribution in [2.24, 2.45) is 10.7 Å². The summed E-state index contributed by atoms with van der Waals surface area (Å²) in [6, 6.07) is 8.79. The first-order chi connectivity index (χ1) is 7.66. The summed E-state index contributed by atoms with van der Waals surface area (Å²) in [5, 5.41) is 0. The van der Waals surface area contributed by atoms with Crippen molar-refractivity contribution >= 4 is 11.5 Å². The Hall–Kier alpha value is -1.35. The predicted octanol–water partition coefficient (Wildman–Crippen LogP) is 1.81. The van der Waals surface area contributed by atoms with E-state index in [9.17, 15) is 0 Å². The first-order valence-electron chi connectivity index (χ1n) is 5.80. The molecule has 0 fully saturated rings.